The van der Waals surface area contributed by atoms with Gasteiger partial charge in [0.25, 0.3) is 0 Å². The van der Waals surface area contributed by atoms with Gasteiger partial charge < -0.3 is 9.26 Å². The minimum atomic E-state index is 0.386. The van der Waals surface area contributed by atoms with Crippen molar-refractivity contribution >= 4 is 0 Å². The van der Waals surface area contributed by atoms with Gasteiger partial charge in [-0.2, -0.15) is 0 Å². The monoisotopic (exact) mass is 354 g/mol. The summed E-state index contributed by atoms with van der Waals surface area (Å²) in [6.45, 7) is 8.11. The topological polar surface area (TPSA) is 38.5 Å². The van der Waals surface area contributed by atoms with Gasteiger partial charge in [0.15, 0.2) is 0 Å². The predicted molar refractivity (Wildman–Crippen MR) is 102 cm³/mol. The average Bonchev–Trinajstić information content (AvgIpc) is 3.43. The summed E-state index contributed by atoms with van der Waals surface area (Å²) in [6, 6.07) is 10.9. The molecule has 0 N–H and O–H groups in total. The maximum Gasteiger partial charge on any atom is 0.138 e. The molecule has 0 spiro atoms. The highest BCUT2D eigenvalue weighted by Gasteiger charge is 2.32. The van der Waals surface area contributed by atoms with Crippen LogP contribution in [0.2, 0.25) is 0 Å². The van der Waals surface area contributed by atoms with Crippen molar-refractivity contribution in [3.8, 4) is 0 Å². The van der Waals surface area contributed by atoms with Gasteiger partial charge >= 0.3 is 0 Å². The van der Waals surface area contributed by atoms with Crippen LogP contribution in [0.5, 0.6) is 0 Å². The fourth-order valence-corrected chi connectivity index (χ4v) is 4.06. The third kappa shape index (κ3) is 4.36. The Kier molecular flexibility index (Phi) is 5.41. The van der Waals surface area contributed by atoms with Crippen LogP contribution < -0.4 is 0 Å². The first-order chi connectivity index (χ1) is 12.7. The van der Waals surface area contributed by atoms with Gasteiger partial charge in [-0.25, -0.2) is 0 Å². The van der Waals surface area contributed by atoms with Crippen molar-refractivity contribution in [2.75, 3.05) is 19.7 Å². The third-order valence-electron chi connectivity index (χ3n) is 5.89. The smallest absolute Gasteiger partial charge is 0.138 e. The lowest BCUT2D eigenvalue weighted by Crippen LogP contribution is -2.45. The van der Waals surface area contributed by atoms with E-state index in [-0.39, 0.29) is 0 Å². The van der Waals surface area contributed by atoms with Crippen LogP contribution in [0.1, 0.15) is 41.8 Å². The van der Waals surface area contributed by atoms with Crippen LogP contribution in [0.25, 0.3) is 0 Å². The summed E-state index contributed by atoms with van der Waals surface area (Å²) in [7, 11) is 0. The van der Waals surface area contributed by atoms with Gasteiger partial charge in [-0.05, 0) is 51.0 Å². The number of ether oxygens (including phenoxy) is 1. The molecule has 1 aliphatic heterocycles. The summed E-state index contributed by atoms with van der Waals surface area (Å²) in [5.41, 5.74) is 3.69. The van der Waals surface area contributed by atoms with E-state index in [4.69, 9.17) is 9.26 Å². The highest BCUT2D eigenvalue weighted by atomic mass is 16.5. The van der Waals surface area contributed by atoms with Crippen molar-refractivity contribution in [2.24, 2.45) is 11.8 Å². The number of likely N-dealkylation sites (tertiary alicyclic amines) is 1. The molecule has 4 nitrogen and oxygen atoms in total. The van der Waals surface area contributed by atoms with Crippen molar-refractivity contribution in [2.45, 2.75) is 52.2 Å². The second-order valence-corrected chi connectivity index (χ2v) is 8.09. The number of hydrogen-bond acceptors (Lipinski definition) is 4. The van der Waals surface area contributed by atoms with Crippen LogP contribution in [0, 0.1) is 25.7 Å². The number of aromatic nitrogens is 1. The minimum absolute atomic E-state index is 0.386. The molecule has 0 radical (unpaired) electrons. The number of nitrogens with zero attached hydrogens (tertiary/aromatic N) is 2. The van der Waals surface area contributed by atoms with Gasteiger partial charge in [0.05, 0.1) is 11.8 Å². The Balaban J connectivity index is 1.43. The quantitative estimate of drug-likeness (QED) is 0.749. The van der Waals surface area contributed by atoms with Gasteiger partial charge in [-0.3, -0.25) is 4.90 Å². The molecule has 26 heavy (non-hydrogen) atoms. The molecule has 4 rings (SSSR count). The number of rotatable bonds is 7. The van der Waals surface area contributed by atoms with Crippen LogP contribution in [-0.2, 0) is 17.7 Å². The SMILES string of the molecule is Cc1noc(C)c1CN1CC[C@H](OCC2CC2)[C@H](Cc2ccccc2)C1. The molecule has 1 aliphatic carbocycles. The first-order valence-electron chi connectivity index (χ1n) is 9.98. The van der Waals surface area contributed by atoms with E-state index in [2.05, 4.69) is 40.4 Å². The number of hydrogen-bond donors (Lipinski definition) is 0. The molecular weight excluding hydrogens is 324 g/mol. The second kappa shape index (κ2) is 7.93. The Morgan fingerprint density at radius 2 is 1.96 bits per heavy atom. The summed E-state index contributed by atoms with van der Waals surface area (Å²) in [6.07, 6.45) is 5.31. The van der Waals surface area contributed by atoms with E-state index in [9.17, 15) is 0 Å². The maximum atomic E-state index is 6.37. The van der Waals surface area contributed by atoms with Crippen LogP contribution in [0.15, 0.2) is 34.9 Å². The van der Waals surface area contributed by atoms with Crippen molar-refractivity contribution in [1.29, 1.82) is 0 Å². The summed E-state index contributed by atoms with van der Waals surface area (Å²) in [5.74, 6) is 2.33. The Morgan fingerprint density at radius 1 is 1.15 bits per heavy atom. The first kappa shape index (κ1) is 17.7. The molecule has 0 amide bonds. The van der Waals surface area contributed by atoms with Crippen molar-refractivity contribution in [3.63, 3.8) is 0 Å². The summed E-state index contributed by atoms with van der Waals surface area (Å²) in [4.78, 5) is 2.55. The normalized spacial score (nSPS) is 24.1. The highest BCUT2D eigenvalue weighted by molar-refractivity contribution is 5.21. The minimum Gasteiger partial charge on any atom is -0.378 e. The van der Waals surface area contributed by atoms with Crippen LogP contribution >= 0.6 is 0 Å². The molecule has 1 saturated carbocycles. The fraction of sp³-hybridized carbons (Fsp3) is 0.591. The second-order valence-electron chi connectivity index (χ2n) is 8.09. The Morgan fingerprint density at radius 3 is 2.65 bits per heavy atom. The molecule has 2 fully saturated rings. The van der Waals surface area contributed by atoms with Crippen LogP contribution in [0.4, 0.5) is 0 Å². The molecule has 2 heterocycles. The number of benzene rings is 1. The van der Waals surface area contributed by atoms with E-state index < -0.39 is 0 Å². The molecule has 0 bridgehead atoms. The Hall–Kier alpha value is -1.65. The van der Waals surface area contributed by atoms with Crippen LogP contribution in [-0.4, -0.2) is 35.9 Å². The molecule has 2 aliphatic rings. The fourth-order valence-electron chi connectivity index (χ4n) is 4.06. The molecule has 1 saturated heterocycles. The van der Waals surface area contributed by atoms with Gasteiger partial charge in [-0.15, -0.1) is 0 Å². The zero-order valence-electron chi connectivity index (χ0n) is 16.0. The first-order valence-corrected chi connectivity index (χ1v) is 9.98. The van der Waals surface area contributed by atoms with Gasteiger partial charge in [0.1, 0.15) is 5.76 Å². The average molecular weight is 354 g/mol. The Labute approximate surface area is 156 Å². The van der Waals surface area contributed by atoms with Gasteiger partial charge in [0.2, 0.25) is 0 Å². The molecule has 2 aromatic rings. The number of aryl methyl sites for hydroxylation is 2. The lowest BCUT2D eigenvalue weighted by atomic mass is 9.88. The van der Waals surface area contributed by atoms with Crippen molar-refractivity contribution in [3.05, 3.63) is 52.9 Å². The standard InChI is InChI=1S/C22H30N2O2/c1-16-21(17(2)26-23-16)14-24-11-10-22(25-15-19-8-9-19)20(13-24)12-18-6-4-3-5-7-18/h3-7,19-20,22H,8-15H2,1-2H3/t20-,22+/m1/s1. The number of piperidine rings is 1. The molecule has 0 unspecified atom stereocenters. The lowest BCUT2D eigenvalue weighted by Gasteiger charge is -2.38. The van der Waals surface area contributed by atoms with E-state index in [0.717, 1.165) is 56.5 Å². The summed E-state index contributed by atoms with van der Waals surface area (Å²) in [5, 5.41) is 4.11. The van der Waals surface area contributed by atoms with Crippen LogP contribution in [0.3, 0.4) is 0 Å². The summed E-state index contributed by atoms with van der Waals surface area (Å²) < 4.78 is 11.7. The zero-order chi connectivity index (χ0) is 17.9. The van der Waals surface area contributed by atoms with E-state index in [1.165, 1.54) is 24.0 Å². The van der Waals surface area contributed by atoms with E-state index in [1.807, 2.05) is 13.8 Å². The van der Waals surface area contributed by atoms with Gasteiger partial charge in [0, 0.05) is 37.7 Å². The van der Waals surface area contributed by atoms with Crippen molar-refractivity contribution in [1.82, 2.24) is 10.1 Å². The largest absolute Gasteiger partial charge is 0.378 e. The molecule has 4 heteroatoms. The third-order valence-corrected chi connectivity index (χ3v) is 5.89. The van der Waals surface area contributed by atoms with E-state index in [1.54, 1.807) is 0 Å². The molecule has 1 aromatic carbocycles. The maximum absolute atomic E-state index is 6.37. The zero-order valence-corrected chi connectivity index (χ0v) is 16.0. The highest BCUT2D eigenvalue weighted by Crippen LogP contribution is 2.32. The van der Waals surface area contributed by atoms with E-state index in [0.29, 0.717) is 12.0 Å². The molecule has 2 atom stereocenters. The molecule has 1 aromatic heterocycles. The Bertz CT molecular complexity index is 689. The van der Waals surface area contributed by atoms with E-state index >= 15 is 0 Å². The summed E-state index contributed by atoms with van der Waals surface area (Å²) >= 11 is 0. The van der Waals surface area contributed by atoms with Crippen molar-refractivity contribution < 1.29 is 9.26 Å². The lowest BCUT2D eigenvalue weighted by molar-refractivity contribution is -0.0390. The van der Waals surface area contributed by atoms with Gasteiger partial charge in [-0.1, -0.05) is 35.5 Å². The molecule has 140 valence electrons. The predicted octanol–water partition coefficient (Wildman–Crippen LogP) is 4.15. The molecular formula is C22H30N2O2.